The zero-order valence-electron chi connectivity index (χ0n) is 17.4. The zero-order chi connectivity index (χ0) is 20.7. The van der Waals surface area contributed by atoms with Crippen LogP contribution in [0, 0.1) is 0 Å². The number of carbonyl (C=O) groups excluding carboxylic acids is 1. The lowest BCUT2D eigenvalue weighted by atomic mass is 9.86. The average Bonchev–Trinajstić information content (AvgIpc) is 2.72. The Kier molecular flexibility index (Phi) is 6.88. The zero-order valence-corrected chi connectivity index (χ0v) is 17.4. The molecular weight excluding hydrogens is 366 g/mol. The molecule has 1 aliphatic heterocycles. The van der Waals surface area contributed by atoms with Gasteiger partial charge in [-0.2, -0.15) is 0 Å². The van der Waals surface area contributed by atoms with E-state index >= 15 is 0 Å². The number of nitrogens with zero attached hydrogens (tertiary/aromatic N) is 2. The molecule has 0 saturated carbocycles. The fraction of sp³-hybridized carbons (Fsp3) is 0.391. The lowest BCUT2D eigenvalue weighted by molar-refractivity contribution is -0.120. The Morgan fingerprint density at radius 1 is 1.14 bits per heavy atom. The van der Waals surface area contributed by atoms with Crippen LogP contribution in [0.1, 0.15) is 31.9 Å². The second kappa shape index (κ2) is 9.56. The molecule has 0 unspecified atom stereocenters. The maximum Gasteiger partial charge on any atom is 0.265 e. The van der Waals surface area contributed by atoms with Gasteiger partial charge in [-0.1, -0.05) is 56.3 Å². The molecule has 1 aliphatic rings. The molecular formula is C23H29N3O3. The van der Waals surface area contributed by atoms with E-state index in [2.05, 4.69) is 48.3 Å². The molecule has 6 heteroatoms. The predicted octanol–water partition coefficient (Wildman–Crippen LogP) is 3.81. The van der Waals surface area contributed by atoms with E-state index in [0.29, 0.717) is 0 Å². The SMILES string of the molecule is CC(C)(C)c1ccccc1NC(=O)CON=Cc1ccc(N2CCOCC2)cc1. The number of benzene rings is 2. The normalized spacial score (nSPS) is 14.8. The van der Waals surface area contributed by atoms with Crippen LogP contribution in [0.5, 0.6) is 0 Å². The molecule has 0 aliphatic carbocycles. The van der Waals surface area contributed by atoms with Gasteiger partial charge in [0.15, 0.2) is 6.61 Å². The summed E-state index contributed by atoms with van der Waals surface area (Å²) >= 11 is 0. The highest BCUT2D eigenvalue weighted by Gasteiger charge is 2.18. The number of carbonyl (C=O) groups is 1. The first-order valence-electron chi connectivity index (χ1n) is 9.91. The smallest absolute Gasteiger partial charge is 0.265 e. The monoisotopic (exact) mass is 395 g/mol. The van der Waals surface area contributed by atoms with E-state index in [1.807, 2.05) is 36.4 Å². The van der Waals surface area contributed by atoms with Crippen molar-refractivity contribution in [3.63, 3.8) is 0 Å². The number of ether oxygens (including phenoxy) is 1. The third kappa shape index (κ3) is 6.06. The highest BCUT2D eigenvalue weighted by molar-refractivity contribution is 5.92. The second-order valence-electron chi connectivity index (χ2n) is 8.04. The molecule has 29 heavy (non-hydrogen) atoms. The number of oxime groups is 1. The molecule has 0 bridgehead atoms. The Bertz CT molecular complexity index is 835. The summed E-state index contributed by atoms with van der Waals surface area (Å²) < 4.78 is 5.38. The quantitative estimate of drug-likeness (QED) is 0.597. The molecule has 1 saturated heterocycles. The number of nitrogens with one attached hydrogen (secondary N) is 1. The van der Waals surface area contributed by atoms with Gasteiger partial charge in [-0.3, -0.25) is 4.79 Å². The summed E-state index contributed by atoms with van der Waals surface area (Å²) in [7, 11) is 0. The topological polar surface area (TPSA) is 63.2 Å². The van der Waals surface area contributed by atoms with Crippen LogP contribution in [0.4, 0.5) is 11.4 Å². The largest absolute Gasteiger partial charge is 0.386 e. The van der Waals surface area contributed by atoms with Gasteiger partial charge in [0.25, 0.3) is 5.91 Å². The van der Waals surface area contributed by atoms with Crippen LogP contribution in [0.25, 0.3) is 0 Å². The molecule has 2 aromatic carbocycles. The minimum absolute atomic E-state index is 0.0593. The van der Waals surface area contributed by atoms with Crippen LogP contribution < -0.4 is 10.2 Å². The summed E-state index contributed by atoms with van der Waals surface area (Å²) in [5, 5.41) is 6.82. The lowest BCUT2D eigenvalue weighted by Crippen LogP contribution is -2.36. The van der Waals surface area contributed by atoms with Crippen LogP contribution in [0.3, 0.4) is 0 Å². The molecule has 1 heterocycles. The van der Waals surface area contributed by atoms with E-state index in [1.54, 1.807) is 6.21 Å². The third-order valence-electron chi connectivity index (χ3n) is 4.75. The minimum Gasteiger partial charge on any atom is -0.386 e. The molecule has 1 fully saturated rings. The molecule has 1 amide bonds. The van der Waals surface area contributed by atoms with E-state index in [-0.39, 0.29) is 17.9 Å². The second-order valence-corrected chi connectivity index (χ2v) is 8.04. The van der Waals surface area contributed by atoms with Gasteiger partial charge >= 0.3 is 0 Å². The van der Waals surface area contributed by atoms with Crippen molar-refractivity contribution in [2.24, 2.45) is 5.16 Å². The summed E-state index contributed by atoms with van der Waals surface area (Å²) in [4.78, 5) is 19.7. The molecule has 0 radical (unpaired) electrons. The van der Waals surface area contributed by atoms with Gasteiger partial charge in [-0.15, -0.1) is 0 Å². The number of hydrogen-bond donors (Lipinski definition) is 1. The Hall–Kier alpha value is -2.86. The lowest BCUT2D eigenvalue weighted by Gasteiger charge is -2.28. The molecule has 2 aromatic rings. The number of hydrogen-bond acceptors (Lipinski definition) is 5. The van der Waals surface area contributed by atoms with Gasteiger partial charge in [0.05, 0.1) is 19.4 Å². The van der Waals surface area contributed by atoms with E-state index in [1.165, 1.54) is 5.69 Å². The summed E-state index contributed by atoms with van der Waals surface area (Å²) in [5.41, 5.74) is 3.91. The summed E-state index contributed by atoms with van der Waals surface area (Å²) in [6.45, 7) is 9.54. The third-order valence-corrected chi connectivity index (χ3v) is 4.75. The number of rotatable bonds is 6. The Labute approximate surface area is 172 Å². The Morgan fingerprint density at radius 2 is 1.83 bits per heavy atom. The number of anilines is 2. The first-order chi connectivity index (χ1) is 13.9. The summed E-state index contributed by atoms with van der Waals surface area (Å²) in [6.07, 6.45) is 1.61. The van der Waals surface area contributed by atoms with E-state index < -0.39 is 0 Å². The fourth-order valence-electron chi connectivity index (χ4n) is 3.22. The van der Waals surface area contributed by atoms with Crippen LogP contribution in [-0.2, 0) is 19.8 Å². The summed E-state index contributed by atoms with van der Waals surface area (Å²) in [6, 6.07) is 15.9. The number of amides is 1. The molecule has 0 aromatic heterocycles. The van der Waals surface area contributed by atoms with Gasteiger partial charge in [-0.05, 0) is 34.7 Å². The molecule has 6 nitrogen and oxygen atoms in total. The molecule has 0 spiro atoms. The number of para-hydroxylation sites is 1. The highest BCUT2D eigenvalue weighted by Crippen LogP contribution is 2.29. The van der Waals surface area contributed by atoms with Crippen LogP contribution in [0.15, 0.2) is 53.7 Å². The Morgan fingerprint density at radius 3 is 2.52 bits per heavy atom. The molecule has 0 atom stereocenters. The van der Waals surface area contributed by atoms with E-state index in [4.69, 9.17) is 9.57 Å². The van der Waals surface area contributed by atoms with Crippen molar-refractivity contribution in [3.8, 4) is 0 Å². The predicted molar refractivity (Wildman–Crippen MR) is 117 cm³/mol. The summed E-state index contributed by atoms with van der Waals surface area (Å²) in [5.74, 6) is -0.235. The first-order valence-corrected chi connectivity index (χ1v) is 9.91. The molecule has 1 N–H and O–H groups in total. The van der Waals surface area contributed by atoms with Crippen LogP contribution >= 0.6 is 0 Å². The minimum atomic E-state index is -0.235. The van der Waals surface area contributed by atoms with Crippen molar-refractivity contribution >= 4 is 23.5 Å². The van der Waals surface area contributed by atoms with Crippen molar-refractivity contribution in [3.05, 3.63) is 59.7 Å². The van der Waals surface area contributed by atoms with Crippen molar-refractivity contribution < 1.29 is 14.4 Å². The van der Waals surface area contributed by atoms with Crippen molar-refractivity contribution in [1.29, 1.82) is 0 Å². The van der Waals surface area contributed by atoms with Crippen molar-refractivity contribution in [2.75, 3.05) is 43.1 Å². The molecule has 154 valence electrons. The van der Waals surface area contributed by atoms with Crippen molar-refractivity contribution in [2.45, 2.75) is 26.2 Å². The van der Waals surface area contributed by atoms with Gasteiger partial charge in [0, 0.05) is 24.5 Å². The maximum absolute atomic E-state index is 12.2. The van der Waals surface area contributed by atoms with Crippen molar-refractivity contribution in [1.82, 2.24) is 0 Å². The first kappa shape index (κ1) is 20.9. The van der Waals surface area contributed by atoms with Gasteiger partial charge in [0.2, 0.25) is 0 Å². The van der Waals surface area contributed by atoms with E-state index in [9.17, 15) is 4.79 Å². The van der Waals surface area contributed by atoms with Crippen LogP contribution in [0.2, 0.25) is 0 Å². The van der Waals surface area contributed by atoms with Gasteiger partial charge < -0.3 is 19.8 Å². The standard InChI is InChI=1S/C23H29N3O3/c1-23(2,3)20-6-4-5-7-21(20)25-22(27)17-29-24-16-18-8-10-19(11-9-18)26-12-14-28-15-13-26/h4-11,16H,12-15,17H2,1-3H3,(H,25,27). The van der Waals surface area contributed by atoms with Gasteiger partial charge in [0.1, 0.15) is 0 Å². The average molecular weight is 396 g/mol. The van der Waals surface area contributed by atoms with Crippen LogP contribution in [-0.4, -0.2) is 45.0 Å². The number of morpholine rings is 1. The highest BCUT2D eigenvalue weighted by atomic mass is 16.6. The maximum atomic E-state index is 12.2. The Balaban J connectivity index is 1.48. The molecule has 3 rings (SSSR count). The van der Waals surface area contributed by atoms with E-state index in [0.717, 1.165) is 43.1 Å². The van der Waals surface area contributed by atoms with Gasteiger partial charge in [-0.25, -0.2) is 0 Å². The fourth-order valence-corrected chi connectivity index (χ4v) is 3.22.